The lowest BCUT2D eigenvalue weighted by Crippen LogP contribution is -2.50. The van der Waals surface area contributed by atoms with Crippen LogP contribution < -0.4 is 10.9 Å². The number of hydrogen-bond acceptors (Lipinski definition) is 6. The number of aromatic nitrogens is 3. The van der Waals surface area contributed by atoms with Crippen molar-refractivity contribution in [2.24, 2.45) is 5.92 Å². The number of ether oxygens (including phenoxy) is 1. The van der Waals surface area contributed by atoms with Crippen LogP contribution in [0.15, 0.2) is 10.9 Å². The van der Waals surface area contributed by atoms with Gasteiger partial charge in [0.05, 0.1) is 24.4 Å². The van der Waals surface area contributed by atoms with Gasteiger partial charge in [-0.05, 0) is 44.6 Å². The number of fused-ring (bicyclic) bond motifs is 1. The molecule has 2 aromatic rings. The first-order valence-electron chi connectivity index (χ1n) is 12.0. The summed E-state index contributed by atoms with van der Waals surface area (Å²) >= 11 is 0. The number of carbonyl (C=O) groups excluding carboxylic acids is 2. The average molecular weight is 470 g/mol. The maximum absolute atomic E-state index is 13.2. The zero-order chi connectivity index (χ0) is 24.2. The van der Waals surface area contributed by atoms with Crippen LogP contribution >= 0.6 is 0 Å². The third-order valence-electron chi connectivity index (χ3n) is 6.80. The van der Waals surface area contributed by atoms with Crippen LogP contribution in [0.2, 0.25) is 0 Å². The van der Waals surface area contributed by atoms with E-state index in [4.69, 9.17) is 4.74 Å². The zero-order valence-electron chi connectivity index (χ0n) is 19.8. The molecule has 2 saturated carbocycles. The van der Waals surface area contributed by atoms with Crippen molar-refractivity contribution in [2.45, 2.75) is 64.6 Å². The molecule has 34 heavy (non-hydrogen) atoms. The molecular weight excluding hydrogens is 438 g/mol. The van der Waals surface area contributed by atoms with E-state index >= 15 is 0 Å². The molecule has 10 nitrogen and oxygen atoms in total. The standard InChI is InChI=1S/C24H31N5O5/c1-14(2)12-27-21-17(6-7-18(30)28-10-11-34-13-24(28)8-9-24)15(3)26-29(21)23(33)19(22(27)32)20(31)25-16-4-5-16/h6-7,14,16,32H,4-5,8-13H2,1-3H3,(H,25,31). The molecule has 1 saturated heterocycles. The molecule has 3 heterocycles. The minimum absolute atomic E-state index is 0.0411. The topological polar surface area (TPSA) is 118 Å². The molecule has 1 spiro atoms. The highest BCUT2D eigenvalue weighted by Crippen LogP contribution is 2.43. The molecule has 10 heteroatoms. The SMILES string of the molecule is Cc1nn2c(=O)c(C(=O)NC3CC3)c(O)n(CC(C)C)c2c1C=CC(=O)N1CCOCC12CC2. The largest absolute Gasteiger partial charge is 0.494 e. The number of rotatable bonds is 6. The van der Waals surface area contributed by atoms with Crippen LogP contribution in [0.1, 0.15) is 61.1 Å². The molecule has 1 aliphatic heterocycles. The molecule has 0 bridgehead atoms. The summed E-state index contributed by atoms with van der Waals surface area (Å²) < 4.78 is 8.28. The quantitative estimate of drug-likeness (QED) is 0.619. The second-order valence-electron chi connectivity index (χ2n) is 10.1. The summed E-state index contributed by atoms with van der Waals surface area (Å²) in [6.45, 7) is 7.71. The molecule has 2 aromatic heterocycles. The molecule has 182 valence electrons. The van der Waals surface area contributed by atoms with Crippen molar-refractivity contribution < 1.29 is 19.4 Å². The predicted molar refractivity (Wildman–Crippen MR) is 125 cm³/mol. The van der Waals surface area contributed by atoms with Crippen LogP contribution in [0.4, 0.5) is 0 Å². The Balaban J connectivity index is 1.57. The minimum atomic E-state index is -0.676. The van der Waals surface area contributed by atoms with Crippen molar-refractivity contribution in [1.29, 1.82) is 0 Å². The molecule has 3 aliphatic rings. The predicted octanol–water partition coefficient (Wildman–Crippen LogP) is 1.46. The Morgan fingerprint density at radius 3 is 2.71 bits per heavy atom. The second kappa shape index (κ2) is 8.26. The Hall–Kier alpha value is -3.14. The van der Waals surface area contributed by atoms with E-state index in [2.05, 4.69) is 10.4 Å². The molecule has 2 N–H and O–H groups in total. The number of aromatic hydroxyl groups is 1. The van der Waals surface area contributed by atoms with E-state index < -0.39 is 11.5 Å². The van der Waals surface area contributed by atoms with Crippen LogP contribution in [-0.2, 0) is 16.1 Å². The Morgan fingerprint density at radius 2 is 2.06 bits per heavy atom. The van der Waals surface area contributed by atoms with Gasteiger partial charge in [0.15, 0.2) is 5.56 Å². The first-order chi connectivity index (χ1) is 16.2. The van der Waals surface area contributed by atoms with E-state index in [1.807, 2.05) is 18.7 Å². The number of carbonyl (C=O) groups is 2. The summed E-state index contributed by atoms with van der Waals surface area (Å²) in [5, 5.41) is 18.2. The van der Waals surface area contributed by atoms with Gasteiger partial charge in [-0.2, -0.15) is 9.61 Å². The number of amides is 2. The maximum atomic E-state index is 13.2. The fourth-order valence-corrected chi connectivity index (χ4v) is 4.66. The van der Waals surface area contributed by atoms with Crippen LogP contribution in [0, 0.1) is 12.8 Å². The molecule has 0 atom stereocenters. The lowest BCUT2D eigenvalue weighted by atomic mass is 10.1. The summed E-state index contributed by atoms with van der Waals surface area (Å²) in [5.74, 6) is -0.961. The van der Waals surface area contributed by atoms with Crippen molar-refractivity contribution in [2.75, 3.05) is 19.8 Å². The highest BCUT2D eigenvalue weighted by molar-refractivity contribution is 5.97. The summed E-state index contributed by atoms with van der Waals surface area (Å²) in [6.07, 6.45) is 6.77. The number of aryl methyl sites for hydroxylation is 1. The third-order valence-corrected chi connectivity index (χ3v) is 6.80. The maximum Gasteiger partial charge on any atom is 0.291 e. The van der Waals surface area contributed by atoms with Crippen molar-refractivity contribution in [3.63, 3.8) is 0 Å². The fraction of sp³-hybridized carbons (Fsp3) is 0.583. The highest BCUT2D eigenvalue weighted by atomic mass is 16.5. The number of morpholine rings is 1. The van der Waals surface area contributed by atoms with Crippen molar-refractivity contribution in [3.05, 3.63) is 33.3 Å². The Labute approximate surface area is 197 Å². The van der Waals surface area contributed by atoms with Gasteiger partial charge in [0, 0.05) is 30.8 Å². The molecule has 2 amide bonds. The second-order valence-corrected chi connectivity index (χ2v) is 10.1. The van der Waals surface area contributed by atoms with E-state index in [0.29, 0.717) is 43.2 Å². The molecule has 3 fully saturated rings. The molecule has 0 radical (unpaired) electrons. The van der Waals surface area contributed by atoms with E-state index in [1.165, 1.54) is 10.6 Å². The normalized spacial score (nSPS) is 19.5. The van der Waals surface area contributed by atoms with Gasteiger partial charge in [-0.3, -0.25) is 19.0 Å². The zero-order valence-corrected chi connectivity index (χ0v) is 19.8. The third kappa shape index (κ3) is 3.89. The highest BCUT2D eigenvalue weighted by Gasteiger charge is 2.51. The van der Waals surface area contributed by atoms with Crippen LogP contribution in [0.5, 0.6) is 5.88 Å². The van der Waals surface area contributed by atoms with E-state index in [-0.39, 0.29) is 34.8 Å². The Kier molecular flexibility index (Phi) is 5.50. The lowest BCUT2D eigenvalue weighted by molar-refractivity contribution is -0.136. The Morgan fingerprint density at radius 1 is 1.32 bits per heavy atom. The lowest BCUT2D eigenvalue weighted by Gasteiger charge is -2.35. The van der Waals surface area contributed by atoms with Gasteiger partial charge >= 0.3 is 0 Å². The fourth-order valence-electron chi connectivity index (χ4n) is 4.66. The molecule has 0 unspecified atom stereocenters. The van der Waals surface area contributed by atoms with Gasteiger partial charge in [0.25, 0.3) is 11.5 Å². The van der Waals surface area contributed by atoms with Crippen LogP contribution in [0.3, 0.4) is 0 Å². The van der Waals surface area contributed by atoms with E-state index in [9.17, 15) is 19.5 Å². The minimum Gasteiger partial charge on any atom is -0.494 e. The summed E-state index contributed by atoms with van der Waals surface area (Å²) in [6, 6.07) is 0.0411. The summed E-state index contributed by atoms with van der Waals surface area (Å²) in [4.78, 5) is 40.9. The van der Waals surface area contributed by atoms with Crippen molar-refractivity contribution >= 4 is 23.5 Å². The molecule has 2 aliphatic carbocycles. The number of hydrogen-bond donors (Lipinski definition) is 2. The summed E-state index contributed by atoms with van der Waals surface area (Å²) in [5.41, 5.74) is 0.291. The van der Waals surface area contributed by atoms with Crippen molar-refractivity contribution in [3.8, 4) is 5.88 Å². The number of nitrogens with one attached hydrogen (secondary N) is 1. The van der Waals surface area contributed by atoms with Gasteiger partial charge < -0.3 is 20.1 Å². The van der Waals surface area contributed by atoms with Crippen LogP contribution in [0.25, 0.3) is 11.7 Å². The molecular formula is C24H31N5O5. The monoisotopic (exact) mass is 469 g/mol. The smallest absolute Gasteiger partial charge is 0.291 e. The summed E-state index contributed by atoms with van der Waals surface area (Å²) in [7, 11) is 0. The molecule has 5 rings (SSSR count). The first kappa shape index (κ1) is 22.6. The van der Waals surface area contributed by atoms with Gasteiger partial charge in [-0.1, -0.05) is 13.8 Å². The van der Waals surface area contributed by atoms with Crippen LogP contribution in [-0.4, -0.2) is 67.3 Å². The van der Waals surface area contributed by atoms with E-state index in [0.717, 1.165) is 25.7 Å². The first-order valence-corrected chi connectivity index (χ1v) is 12.0. The molecule has 0 aromatic carbocycles. The van der Waals surface area contributed by atoms with Gasteiger partial charge in [-0.25, -0.2) is 0 Å². The van der Waals surface area contributed by atoms with Gasteiger partial charge in [-0.15, -0.1) is 0 Å². The van der Waals surface area contributed by atoms with Gasteiger partial charge in [0.1, 0.15) is 5.65 Å². The van der Waals surface area contributed by atoms with Gasteiger partial charge in [0.2, 0.25) is 11.8 Å². The van der Waals surface area contributed by atoms with Crippen molar-refractivity contribution in [1.82, 2.24) is 24.4 Å². The average Bonchev–Trinajstić information content (AvgIpc) is 3.71. The van der Waals surface area contributed by atoms with E-state index in [1.54, 1.807) is 17.6 Å². The Bertz CT molecular complexity index is 1250. The number of nitrogens with zero attached hydrogens (tertiary/aromatic N) is 4.